The minimum Gasteiger partial charge on any atom is -0.381 e. The van der Waals surface area contributed by atoms with Crippen molar-refractivity contribution in [1.82, 2.24) is 4.90 Å². The summed E-state index contributed by atoms with van der Waals surface area (Å²) < 4.78 is 11.6. The Kier molecular flexibility index (Phi) is 7.56. The normalized spacial score (nSPS) is 38.5. The molecule has 4 heteroatoms. The third kappa shape index (κ3) is 4.87. The summed E-state index contributed by atoms with van der Waals surface area (Å²) in [5.41, 5.74) is 0. The number of fused-ring (bicyclic) bond motifs is 1. The van der Waals surface area contributed by atoms with Crippen LogP contribution in [0.5, 0.6) is 0 Å². The maximum absolute atomic E-state index is 5.99. The zero-order valence-corrected chi connectivity index (χ0v) is 15.7. The zero-order chi connectivity index (χ0) is 15.9. The molecule has 0 N–H and O–H groups in total. The number of ether oxygens (including phenoxy) is 2. The number of rotatable bonds is 2. The molecule has 0 spiro atoms. The molecule has 3 fully saturated rings. The van der Waals surface area contributed by atoms with E-state index in [2.05, 4.69) is 22.9 Å². The van der Waals surface area contributed by atoms with E-state index >= 15 is 0 Å². The van der Waals surface area contributed by atoms with E-state index in [9.17, 15) is 0 Å². The number of morpholine rings is 1. The van der Waals surface area contributed by atoms with E-state index < -0.39 is 0 Å². The molecular formula is C19H35NO2S. The molecular weight excluding hydrogens is 306 g/mol. The van der Waals surface area contributed by atoms with Gasteiger partial charge in [-0.1, -0.05) is 38.5 Å². The molecule has 0 aromatic rings. The molecule has 1 aliphatic carbocycles. The SMILES string of the molecule is CS[C@H]1CCCCCCCC[C@@H]2COC[C@@H]2[C@@H]1N1CCOCC1. The third-order valence-electron chi connectivity index (χ3n) is 6.15. The highest BCUT2D eigenvalue weighted by Crippen LogP contribution is 2.37. The van der Waals surface area contributed by atoms with Gasteiger partial charge in [0.15, 0.2) is 0 Å². The van der Waals surface area contributed by atoms with E-state index in [4.69, 9.17) is 9.47 Å². The molecule has 23 heavy (non-hydrogen) atoms. The number of thioether (sulfide) groups is 1. The van der Waals surface area contributed by atoms with Crippen molar-refractivity contribution in [3.63, 3.8) is 0 Å². The van der Waals surface area contributed by atoms with Gasteiger partial charge in [0.1, 0.15) is 0 Å². The highest BCUT2D eigenvalue weighted by atomic mass is 32.2. The molecule has 0 unspecified atom stereocenters. The number of hydrogen-bond donors (Lipinski definition) is 0. The van der Waals surface area contributed by atoms with Gasteiger partial charge >= 0.3 is 0 Å². The molecule has 0 amide bonds. The highest BCUT2D eigenvalue weighted by molar-refractivity contribution is 7.99. The molecule has 0 aromatic carbocycles. The van der Waals surface area contributed by atoms with Crippen molar-refractivity contribution in [3.8, 4) is 0 Å². The molecule has 3 rings (SSSR count). The summed E-state index contributed by atoms with van der Waals surface area (Å²) in [6.07, 6.45) is 13.6. The van der Waals surface area contributed by atoms with Crippen molar-refractivity contribution in [2.24, 2.45) is 11.8 Å². The molecule has 4 atom stereocenters. The van der Waals surface area contributed by atoms with Crippen LogP contribution in [-0.4, -0.2) is 62.0 Å². The summed E-state index contributed by atoms with van der Waals surface area (Å²) in [6, 6.07) is 0.695. The lowest BCUT2D eigenvalue weighted by Crippen LogP contribution is -2.53. The fourth-order valence-electron chi connectivity index (χ4n) is 4.83. The van der Waals surface area contributed by atoms with E-state index in [1.165, 1.54) is 51.4 Å². The average molecular weight is 342 g/mol. The van der Waals surface area contributed by atoms with Crippen LogP contribution >= 0.6 is 11.8 Å². The van der Waals surface area contributed by atoms with Gasteiger partial charge in [-0.2, -0.15) is 11.8 Å². The van der Waals surface area contributed by atoms with Crippen LogP contribution in [0.25, 0.3) is 0 Å². The third-order valence-corrected chi connectivity index (χ3v) is 7.27. The Labute approximate surface area is 146 Å². The lowest BCUT2D eigenvalue weighted by molar-refractivity contribution is -0.00438. The molecule has 2 aliphatic heterocycles. The van der Waals surface area contributed by atoms with Gasteiger partial charge in [0.25, 0.3) is 0 Å². The second-order valence-electron chi connectivity index (χ2n) is 7.57. The minimum absolute atomic E-state index is 0.695. The van der Waals surface area contributed by atoms with Gasteiger partial charge in [-0.3, -0.25) is 4.90 Å². The fraction of sp³-hybridized carbons (Fsp3) is 1.00. The Morgan fingerprint density at radius 1 is 0.826 bits per heavy atom. The van der Waals surface area contributed by atoms with Gasteiger partial charge in [-0.25, -0.2) is 0 Å². The van der Waals surface area contributed by atoms with Crippen LogP contribution in [-0.2, 0) is 9.47 Å². The van der Waals surface area contributed by atoms with Crippen LogP contribution < -0.4 is 0 Å². The molecule has 2 saturated heterocycles. The molecule has 2 heterocycles. The summed E-state index contributed by atoms with van der Waals surface area (Å²) in [6.45, 7) is 6.05. The van der Waals surface area contributed by atoms with Crippen molar-refractivity contribution < 1.29 is 9.47 Å². The van der Waals surface area contributed by atoms with Crippen LogP contribution in [0.1, 0.15) is 51.4 Å². The quantitative estimate of drug-likeness (QED) is 0.761. The van der Waals surface area contributed by atoms with Crippen LogP contribution in [0.3, 0.4) is 0 Å². The lowest BCUT2D eigenvalue weighted by Gasteiger charge is -2.43. The van der Waals surface area contributed by atoms with E-state index in [1.54, 1.807) is 0 Å². The monoisotopic (exact) mass is 341 g/mol. The fourth-order valence-corrected chi connectivity index (χ4v) is 5.89. The first kappa shape index (κ1) is 18.0. The molecule has 0 bridgehead atoms. The van der Waals surface area contributed by atoms with E-state index in [1.807, 2.05) is 0 Å². The maximum Gasteiger partial charge on any atom is 0.0594 e. The molecule has 0 aromatic heterocycles. The standard InChI is InChI=1S/C19H35NO2S/c1-23-18-9-7-5-3-2-4-6-8-16-14-22-15-17(16)19(18)20-10-12-21-13-11-20/h16-19H,2-15H2,1H3/t16-,17+,18+,19+/m1/s1. The Balaban J connectivity index is 1.76. The van der Waals surface area contributed by atoms with Crippen molar-refractivity contribution in [1.29, 1.82) is 0 Å². The topological polar surface area (TPSA) is 21.7 Å². The van der Waals surface area contributed by atoms with E-state index in [0.717, 1.165) is 56.6 Å². The summed E-state index contributed by atoms with van der Waals surface area (Å²) in [5, 5.41) is 0.765. The van der Waals surface area contributed by atoms with Crippen molar-refractivity contribution in [2.75, 3.05) is 45.8 Å². The Morgan fingerprint density at radius 2 is 1.52 bits per heavy atom. The van der Waals surface area contributed by atoms with Crippen LogP contribution in [0, 0.1) is 11.8 Å². The second-order valence-corrected chi connectivity index (χ2v) is 8.65. The summed E-state index contributed by atoms with van der Waals surface area (Å²) in [7, 11) is 0. The smallest absolute Gasteiger partial charge is 0.0594 e. The van der Waals surface area contributed by atoms with Gasteiger partial charge in [-0.15, -0.1) is 0 Å². The minimum atomic E-state index is 0.695. The zero-order valence-electron chi connectivity index (χ0n) is 14.9. The predicted octanol–water partition coefficient (Wildman–Crippen LogP) is 3.82. The number of nitrogens with zero attached hydrogens (tertiary/aromatic N) is 1. The summed E-state index contributed by atoms with van der Waals surface area (Å²) >= 11 is 2.11. The Hall–Kier alpha value is 0.230. The van der Waals surface area contributed by atoms with Crippen LogP contribution in [0.15, 0.2) is 0 Å². The molecule has 134 valence electrons. The van der Waals surface area contributed by atoms with Crippen LogP contribution in [0.2, 0.25) is 0 Å². The Bertz CT molecular complexity index is 335. The summed E-state index contributed by atoms with van der Waals surface area (Å²) in [5.74, 6) is 1.53. The Morgan fingerprint density at radius 3 is 2.26 bits per heavy atom. The van der Waals surface area contributed by atoms with Gasteiger partial charge in [0, 0.05) is 36.9 Å². The van der Waals surface area contributed by atoms with E-state index in [0.29, 0.717) is 6.04 Å². The predicted molar refractivity (Wildman–Crippen MR) is 98.2 cm³/mol. The largest absolute Gasteiger partial charge is 0.381 e. The van der Waals surface area contributed by atoms with Crippen molar-refractivity contribution in [3.05, 3.63) is 0 Å². The lowest BCUT2D eigenvalue weighted by atomic mass is 9.81. The highest BCUT2D eigenvalue weighted by Gasteiger charge is 2.41. The molecule has 3 aliphatic rings. The first-order valence-corrected chi connectivity index (χ1v) is 11.1. The second kappa shape index (κ2) is 9.65. The van der Waals surface area contributed by atoms with E-state index in [-0.39, 0.29) is 0 Å². The number of hydrogen-bond acceptors (Lipinski definition) is 4. The van der Waals surface area contributed by atoms with Gasteiger partial charge in [-0.05, 0) is 25.0 Å². The van der Waals surface area contributed by atoms with Gasteiger partial charge < -0.3 is 9.47 Å². The van der Waals surface area contributed by atoms with Crippen molar-refractivity contribution >= 4 is 11.8 Å². The first-order chi connectivity index (χ1) is 11.4. The first-order valence-electron chi connectivity index (χ1n) is 9.82. The van der Waals surface area contributed by atoms with Crippen LogP contribution in [0.4, 0.5) is 0 Å². The van der Waals surface area contributed by atoms with Gasteiger partial charge in [0.05, 0.1) is 19.8 Å². The molecule has 1 saturated carbocycles. The average Bonchev–Trinajstić information content (AvgIpc) is 3.03. The van der Waals surface area contributed by atoms with Gasteiger partial charge in [0.2, 0.25) is 0 Å². The molecule has 0 radical (unpaired) electrons. The summed E-state index contributed by atoms with van der Waals surface area (Å²) in [4.78, 5) is 2.75. The maximum atomic E-state index is 5.99. The molecule has 3 nitrogen and oxygen atoms in total. The van der Waals surface area contributed by atoms with Crippen molar-refractivity contribution in [2.45, 2.75) is 62.7 Å².